The minimum atomic E-state index is -3.64. The highest BCUT2D eigenvalue weighted by atomic mass is 35.5. The zero-order chi connectivity index (χ0) is 18.7. The second-order valence-corrected chi connectivity index (χ2v) is 8.31. The highest BCUT2D eigenvalue weighted by Crippen LogP contribution is 2.26. The molecule has 0 N–H and O–H groups in total. The summed E-state index contributed by atoms with van der Waals surface area (Å²) in [6.07, 6.45) is 0. The Balaban J connectivity index is 1.69. The summed E-state index contributed by atoms with van der Waals surface area (Å²) in [5.41, 5.74) is 0.707. The first-order valence-corrected chi connectivity index (χ1v) is 9.91. The molecule has 0 spiro atoms. The van der Waals surface area contributed by atoms with Gasteiger partial charge in [-0.3, -0.25) is 15.0 Å². The van der Waals surface area contributed by atoms with Crippen LogP contribution in [0.2, 0.25) is 5.02 Å². The van der Waals surface area contributed by atoms with Crippen LogP contribution in [0.15, 0.2) is 53.4 Å². The topological polar surface area (TPSA) is 83.8 Å². The first-order chi connectivity index (χ1) is 12.4. The molecular weight excluding hydrogens is 378 g/mol. The van der Waals surface area contributed by atoms with Crippen molar-refractivity contribution >= 4 is 27.3 Å². The van der Waals surface area contributed by atoms with Gasteiger partial charge in [-0.2, -0.15) is 4.31 Å². The molecule has 2 aromatic rings. The molecule has 0 amide bonds. The van der Waals surface area contributed by atoms with Crippen LogP contribution in [0, 0.1) is 10.1 Å². The maximum Gasteiger partial charge on any atom is 0.273 e. The van der Waals surface area contributed by atoms with Gasteiger partial charge in [-0.05, 0) is 12.1 Å². The minimum absolute atomic E-state index is 0.0821. The SMILES string of the molecule is O=[N+]([O-])c1ccccc1CN1CCN(S(=O)(=O)c2ccccc2Cl)CC1. The summed E-state index contributed by atoms with van der Waals surface area (Å²) >= 11 is 6.03. The summed E-state index contributed by atoms with van der Waals surface area (Å²) in [5.74, 6) is 0. The lowest BCUT2D eigenvalue weighted by Gasteiger charge is -2.34. The molecule has 26 heavy (non-hydrogen) atoms. The van der Waals surface area contributed by atoms with E-state index in [1.807, 2.05) is 4.90 Å². The van der Waals surface area contributed by atoms with Crippen molar-refractivity contribution in [1.82, 2.24) is 9.21 Å². The van der Waals surface area contributed by atoms with Crippen LogP contribution >= 0.6 is 11.6 Å². The van der Waals surface area contributed by atoms with E-state index in [-0.39, 0.29) is 15.6 Å². The number of nitrogens with zero attached hydrogens (tertiary/aromatic N) is 3. The van der Waals surface area contributed by atoms with Crippen LogP contribution in [0.3, 0.4) is 0 Å². The van der Waals surface area contributed by atoms with E-state index in [1.165, 1.54) is 16.4 Å². The summed E-state index contributed by atoms with van der Waals surface area (Å²) in [6.45, 7) is 2.03. The third-order valence-corrected chi connectivity index (χ3v) is 6.77. The molecule has 0 aromatic heterocycles. The van der Waals surface area contributed by atoms with Crippen LogP contribution in [-0.4, -0.2) is 48.7 Å². The van der Waals surface area contributed by atoms with E-state index in [2.05, 4.69) is 0 Å². The molecule has 0 aliphatic carbocycles. The number of sulfonamides is 1. The zero-order valence-corrected chi connectivity index (χ0v) is 15.5. The monoisotopic (exact) mass is 395 g/mol. The van der Waals surface area contributed by atoms with Crippen LogP contribution < -0.4 is 0 Å². The van der Waals surface area contributed by atoms with Gasteiger partial charge in [-0.15, -0.1) is 0 Å². The summed E-state index contributed by atoms with van der Waals surface area (Å²) in [6, 6.07) is 13.0. The number of nitro benzene ring substituents is 1. The average molecular weight is 396 g/mol. The predicted molar refractivity (Wildman–Crippen MR) is 98.6 cm³/mol. The normalized spacial score (nSPS) is 16.5. The van der Waals surface area contributed by atoms with Gasteiger partial charge in [0.2, 0.25) is 10.0 Å². The van der Waals surface area contributed by atoms with Crippen LogP contribution in [0.5, 0.6) is 0 Å². The van der Waals surface area contributed by atoms with Gasteiger partial charge in [-0.1, -0.05) is 41.9 Å². The quantitative estimate of drug-likeness (QED) is 0.574. The van der Waals surface area contributed by atoms with E-state index in [9.17, 15) is 18.5 Å². The molecular formula is C17H18ClN3O4S. The lowest BCUT2D eigenvalue weighted by Crippen LogP contribution is -2.48. The third-order valence-electron chi connectivity index (χ3n) is 4.37. The molecule has 1 saturated heterocycles. The predicted octanol–water partition coefficient (Wildman–Crippen LogP) is 2.75. The maximum atomic E-state index is 12.8. The molecule has 0 unspecified atom stereocenters. The van der Waals surface area contributed by atoms with E-state index < -0.39 is 14.9 Å². The van der Waals surface area contributed by atoms with Gasteiger partial charge in [0.25, 0.3) is 5.69 Å². The first-order valence-electron chi connectivity index (χ1n) is 8.09. The van der Waals surface area contributed by atoms with Crippen LogP contribution in [0.1, 0.15) is 5.56 Å². The molecule has 1 aliphatic rings. The molecule has 0 saturated carbocycles. The molecule has 1 heterocycles. The van der Waals surface area contributed by atoms with Crippen LogP contribution in [0.25, 0.3) is 0 Å². The molecule has 2 aromatic carbocycles. The lowest BCUT2D eigenvalue weighted by atomic mass is 10.1. The van der Waals surface area contributed by atoms with Gasteiger partial charge in [0.15, 0.2) is 0 Å². The lowest BCUT2D eigenvalue weighted by molar-refractivity contribution is -0.385. The first kappa shape index (κ1) is 18.8. The van der Waals surface area contributed by atoms with Crippen molar-refractivity contribution in [3.63, 3.8) is 0 Å². The Labute approximate surface area is 157 Å². The summed E-state index contributed by atoms with van der Waals surface area (Å²) in [4.78, 5) is 12.8. The number of hydrogen-bond donors (Lipinski definition) is 0. The zero-order valence-electron chi connectivity index (χ0n) is 13.9. The fourth-order valence-electron chi connectivity index (χ4n) is 2.98. The summed E-state index contributed by atoms with van der Waals surface area (Å²) in [5, 5.41) is 11.3. The number of para-hydroxylation sites is 1. The van der Waals surface area contributed by atoms with Crippen molar-refractivity contribution in [3.05, 3.63) is 69.2 Å². The molecule has 0 radical (unpaired) electrons. The fraction of sp³-hybridized carbons (Fsp3) is 0.294. The van der Waals surface area contributed by atoms with E-state index in [0.717, 1.165) is 0 Å². The summed E-state index contributed by atoms with van der Waals surface area (Å²) < 4.78 is 26.9. The van der Waals surface area contributed by atoms with E-state index in [1.54, 1.807) is 36.4 Å². The van der Waals surface area contributed by atoms with Crippen LogP contribution in [-0.2, 0) is 16.6 Å². The Morgan fingerprint density at radius 1 is 1.00 bits per heavy atom. The van der Waals surface area contributed by atoms with Crippen molar-refractivity contribution in [1.29, 1.82) is 0 Å². The van der Waals surface area contributed by atoms with Crippen molar-refractivity contribution < 1.29 is 13.3 Å². The molecule has 3 rings (SSSR count). The minimum Gasteiger partial charge on any atom is -0.296 e. The number of halogens is 1. The van der Waals surface area contributed by atoms with Gasteiger partial charge in [-0.25, -0.2) is 8.42 Å². The molecule has 1 aliphatic heterocycles. The average Bonchev–Trinajstić information content (AvgIpc) is 2.62. The van der Waals surface area contributed by atoms with Gasteiger partial charge >= 0.3 is 0 Å². The van der Waals surface area contributed by atoms with Gasteiger partial charge in [0.1, 0.15) is 4.90 Å². The molecule has 9 heteroatoms. The Kier molecular flexibility index (Phi) is 5.57. The van der Waals surface area contributed by atoms with E-state index >= 15 is 0 Å². The smallest absolute Gasteiger partial charge is 0.273 e. The van der Waals surface area contributed by atoms with Crippen molar-refractivity contribution in [3.8, 4) is 0 Å². The number of benzene rings is 2. The second kappa shape index (κ2) is 7.71. The Hall–Kier alpha value is -2.00. The second-order valence-electron chi connectivity index (χ2n) is 6.00. The van der Waals surface area contributed by atoms with Gasteiger partial charge < -0.3 is 0 Å². The highest BCUT2D eigenvalue weighted by Gasteiger charge is 2.30. The molecule has 1 fully saturated rings. The standard InChI is InChI=1S/C17H18ClN3O4S/c18-15-6-2-4-8-17(15)26(24,25)20-11-9-19(10-12-20)13-14-5-1-3-7-16(14)21(22)23/h1-8H,9-13H2. The molecule has 138 valence electrons. The fourth-order valence-corrected chi connectivity index (χ4v) is 4.90. The van der Waals surface area contributed by atoms with E-state index in [0.29, 0.717) is 38.3 Å². The third kappa shape index (κ3) is 3.88. The van der Waals surface area contributed by atoms with Gasteiger partial charge in [0.05, 0.1) is 9.95 Å². The largest absolute Gasteiger partial charge is 0.296 e. The summed E-state index contributed by atoms with van der Waals surface area (Å²) in [7, 11) is -3.64. The Morgan fingerprint density at radius 2 is 1.62 bits per heavy atom. The van der Waals surface area contributed by atoms with Crippen LogP contribution in [0.4, 0.5) is 5.69 Å². The van der Waals surface area contributed by atoms with Crippen molar-refractivity contribution in [2.75, 3.05) is 26.2 Å². The Morgan fingerprint density at radius 3 is 2.27 bits per heavy atom. The molecule has 0 atom stereocenters. The van der Waals surface area contributed by atoms with Crippen molar-refractivity contribution in [2.45, 2.75) is 11.4 Å². The van der Waals surface area contributed by atoms with Gasteiger partial charge in [0, 0.05) is 44.4 Å². The number of nitro groups is 1. The van der Waals surface area contributed by atoms with Crippen molar-refractivity contribution in [2.24, 2.45) is 0 Å². The van der Waals surface area contributed by atoms with E-state index in [4.69, 9.17) is 11.6 Å². The molecule has 0 bridgehead atoms. The number of piperazine rings is 1. The maximum absolute atomic E-state index is 12.8. The highest BCUT2D eigenvalue weighted by molar-refractivity contribution is 7.89. The Bertz CT molecular complexity index is 912. The number of rotatable bonds is 5. The molecule has 7 nitrogen and oxygen atoms in total. The number of hydrogen-bond acceptors (Lipinski definition) is 5.